The molecule has 1 heterocycles. The van der Waals surface area contributed by atoms with Crippen LogP contribution in [0, 0.1) is 11.3 Å². The second-order valence-electron chi connectivity index (χ2n) is 6.30. The standard InChI is InChI=1S/C20H9BrF7N3/c21-14-7-5-13(6-8-14)17-30-15(12-3-1-11(10-29)2-4-12)9-16(31-17)18(22,23)19(24,25)20(26,27)28/h1-9H. The van der Waals surface area contributed by atoms with Gasteiger partial charge < -0.3 is 0 Å². The number of rotatable bonds is 4. The third-order valence-electron chi connectivity index (χ3n) is 4.21. The van der Waals surface area contributed by atoms with Gasteiger partial charge in [-0.25, -0.2) is 9.97 Å². The molecular formula is C20H9BrF7N3. The summed E-state index contributed by atoms with van der Waals surface area (Å²) in [6, 6.07) is 13.2. The zero-order chi connectivity index (χ0) is 23.0. The molecule has 3 aromatic rings. The van der Waals surface area contributed by atoms with E-state index < -0.39 is 29.5 Å². The molecule has 0 aliphatic heterocycles. The van der Waals surface area contributed by atoms with E-state index in [1.807, 2.05) is 6.07 Å². The van der Waals surface area contributed by atoms with Gasteiger partial charge in [0.05, 0.1) is 17.3 Å². The monoisotopic (exact) mass is 503 g/mol. The van der Waals surface area contributed by atoms with Crippen LogP contribution in [0.15, 0.2) is 59.1 Å². The van der Waals surface area contributed by atoms with Crippen LogP contribution < -0.4 is 0 Å². The lowest BCUT2D eigenvalue weighted by molar-refractivity contribution is -0.360. The van der Waals surface area contributed by atoms with Crippen LogP contribution in [0.2, 0.25) is 0 Å². The molecular weight excluding hydrogens is 495 g/mol. The van der Waals surface area contributed by atoms with Gasteiger partial charge in [-0.3, -0.25) is 0 Å². The van der Waals surface area contributed by atoms with Crippen molar-refractivity contribution in [1.29, 1.82) is 5.26 Å². The fraction of sp³-hybridized carbons (Fsp3) is 0.150. The fourth-order valence-corrected chi connectivity index (χ4v) is 2.80. The third-order valence-corrected chi connectivity index (χ3v) is 4.74. The molecule has 3 nitrogen and oxygen atoms in total. The Kier molecular flexibility index (Phi) is 5.80. The molecule has 0 aliphatic carbocycles. The first-order valence-electron chi connectivity index (χ1n) is 8.35. The molecule has 0 bridgehead atoms. The maximum atomic E-state index is 14.4. The van der Waals surface area contributed by atoms with Crippen molar-refractivity contribution in [1.82, 2.24) is 9.97 Å². The summed E-state index contributed by atoms with van der Waals surface area (Å²) in [7, 11) is 0. The van der Waals surface area contributed by atoms with E-state index in [1.165, 1.54) is 48.5 Å². The second-order valence-corrected chi connectivity index (χ2v) is 7.22. The molecule has 3 rings (SSSR count). The molecule has 160 valence electrons. The normalized spacial score (nSPS) is 12.5. The average Bonchev–Trinajstić information content (AvgIpc) is 2.73. The molecule has 0 N–H and O–H groups in total. The Morgan fingerprint density at radius 3 is 1.84 bits per heavy atom. The average molecular weight is 504 g/mol. The summed E-state index contributed by atoms with van der Waals surface area (Å²) in [5.74, 6) is -12.5. The van der Waals surface area contributed by atoms with Crippen LogP contribution in [0.3, 0.4) is 0 Å². The van der Waals surface area contributed by atoms with E-state index in [2.05, 4.69) is 25.9 Å². The molecule has 0 spiro atoms. The maximum absolute atomic E-state index is 14.4. The van der Waals surface area contributed by atoms with E-state index in [0.29, 0.717) is 10.5 Å². The second kappa shape index (κ2) is 7.92. The molecule has 0 radical (unpaired) electrons. The number of nitrogens with zero attached hydrogens (tertiary/aromatic N) is 3. The van der Waals surface area contributed by atoms with Crippen LogP contribution in [0.25, 0.3) is 22.6 Å². The molecule has 11 heteroatoms. The molecule has 0 aliphatic rings. The van der Waals surface area contributed by atoms with Gasteiger partial charge in [-0.2, -0.15) is 36.0 Å². The summed E-state index contributed by atoms with van der Waals surface area (Å²) < 4.78 is 94.7. The summed E-state index contributed by atoms with van der Waals surface area (Å²) in [6.07, 6.45) is -6.51. The van der Waals surface area contributed by atoms with E-state index >= 15 is 0 Å². The highest BCUT2D eigenvalue weighted by Gasteiger charge is 2.74. The minimum Gasteiger partial charge on any atom is -0.228 e. The van der Waals surface area contributed by atoms with Crippen molar-refractivity contribution in [2.45, 2.75) is 18.0 Å². The largest absolute Gasteiger partial charge is 0.460 e. The van der Waals surface area contributed by atoms with E-state index in [1.54, 1.807) is 0 Å². The number of hydrogen-bond acceptors (Lipinski definition) is 3. The molecule has 31 heavy (non-hydrogen) atoms. The van der Waals surface area contributed by atoms with Gasteiger partial charge in [0.2, 0.25) is 0 Å². The summed E-state index contributed by atoms with van der Waals surface area (Å²) in [5, 5.41) is 8.86. The highest BCUT2D eigenvalue weighted by Crippen LogP contribution is 2.51. The Hall–Kier alpha value is -3.00. The Morgan fingerprint density at radius 1 is 0.774 bits per heavy atom. The molecule has 1 aromatic heterocycles. The van der Waals surface area contributed by atoms with Gasteiger partial charge in [-0.05, 0) is 30.3 Å². The summed E-state index contributed by atoms with van der Waals surface area (Å²) >= 11 is 3.17. The smallest absolute Gasteiger partial charge is 0.228 e. The van der Waals surface area contributed by atoms with Crippen LogP contribution in [-0.4, -0.2) is 22.1 Å². The SMILES string of the molecule is N#Cc1ccc(-c2cc(C(F)(F)C(F)(F)C(F)(F)F)nc(-c3ccc(Br)cc3)n2)cc1. The zero-order valence-corrected chi connectivity index (χ0v) is 16.6. The van der Waals surface area contributed by atoms with Gasteiger partial charge in [0.25, 0.3) is 0 Å². The van der Waals surface area contributed by atoms with Gasteiger partial charge in [0, 0.05) is 15.6 Å². The van der Waals surface area contributed by atoms with Crippen LogP contribution >= 0.6 is 15.9 Å². The maximum Gasteiger partial charge on any atom is 0.460 e. The van der Waals surface area contributed by atoms with Crippen LogP contribution in [0.4, 0.5) is 30.7 Å². The number of aromatic nitrogens is 2. The number of halogens is 8. The highest BCUT2D eigenvalue weighted by molar-refractivity contribution is 9.10. The Balaban J connectivity index is 2.24. The van der Waals surface area contributed by atoms with E-state index in [4.69, 9.17) is 5.26 Å². The number of benzene rings is 2. The lowest BCUT2D eigenvalue weighted by atomic mass is 10.0. The van der Waals surface area contributed by atoms with Crippen molar-refractivity contribution in [2.75, 3.05) is 0 Å². The van der Waals surface area contributed by atoms with Gasteiger partial charge >= 0.3 is 18.0 Å². The van der Waals surface area contributed by atoms with Gasteiger partial charge in [-0.15, -0.1) is 0 Å². The minimum atomic E-state index is -6.51. The molecule has 0 amide bonds. The van der Waals surface area contributed by atoms with Gasteiger partial charge in [0.15, 0.2) is 5.82 Å². The first-order valence-corrected chi connectivity index (χ1v) is 9.14. The Labute approximate surface area is 179 Å². The van der Waals surface area contributed by atoms with Crippen molar-refractivity contribution in [2.24, 2.45) is 0 Å². The molecule has 0 saturated heterocycles. The topological polar surface area (TPSA) is 49.6 Å². The Morgan fingerprint density at radius 2 is 1.32 bits per heavy atom. The van der Waals surface area contributed by atoms with Crippen LogP contribution in [0.1, 0.15) is 11.3 Å². The summed E-state index contributed by atoms with van der Waals surface area (Å²) in [6.45, 7) is 0. The summed E-state index contributed by atoms with van der Waals surface area (Å²) in [4.78, 5) is 7.38. The Bertz CT molecular complexity index is 1140. The van der Waals surface area contributed by atoms with Crippen LogP contribution in [-0.2, 0) is 5.92 Å². The van der Waals surface area contributed by atoms with Crippen LogP contribution in [0.5, 0.6) is 0 Å². The number of hydrogen-bond donors (Lipinski definition) is 0. The van der Waals surface area contributed by atoms with Gasteiger partial charge in [-0.1, -0.05) is 40.2 Å². The highest BCUT2D eigenvalue weighted by atomic mass is 79.9. The fourth-order valence-electron chi connectivity index (χ4n) is 2.54. The zero-order valence-electron chi connectivity index (χ0n) is 15.1. The lowest BCUT2D eigenvalue weighted by Gasteiger charge is -2.28. The van der Waals surface area contributed by atoms with E-state index in [0.717, 1.165) is 0 Å². The van der Waals surface area contributed by atoms with Crippen molar-refractivity contribution < 1.29 is 30.7 Å². The van der Waals surface area contributed by atoms with Crippen molar-refractivity contribution in [3.8, 4) is 28.7 Å². The first kappa shape index (κ1) is 22.7. The van der Waals surface area contributed by atoms with E-state index in [-0.39, 0.29) is 22.4 Å². The summed E-state index contributed by atoms with van der Waals surface area (Å²) in [5.41, 5.74) is -1.65. The number of alkyl halides is 7. The molecule has 0 fully saturated rings. The molecule has 2 aromatic carbocycles. The minimum absolute atomic E-state index is 0.117. The van der Waals surface area contributed by atoms with Crippen molar-refractivity contribution >= 4 is 15.9 Å². The van der Waals surface area contributed by atoms with Gasteiger partial charge in [0.1, 0.15) is 5.69 Å². The predicted molar refractivity (Wildman–Crippen MR) is 100 cm³/mol. The quantitative estimate of drug-likeness (QED) is 0.370. The lowest BCUT2D eigenvalue weighted by Crippen LogP contribution is -2.50. The predicted octanol–water partition coefficient (Wildman–Crippen LogP) is 6.73. The van der Waals surface area contributed by atoms with Crippen molar-refractivity contribution in [3.63, 3.8) is 0 Å². The van der Waals surface area contributed by atoms with Crippen molar-refractivity contribution in [3.05, 3.63) is 70.3 Å². The third kappa shape index (κ3) is 4.25. The molecule has 0 unspecified atom stereocenters. The molecule has 0 atom stereocenters. The number of nitriles is 1. The van der Waals surface area contributed by atoms with E-state index in [9.17, 15) is 30.7 Å². The molecule has 0 saturated carbocycles. The first-order chi connectivity index (χ1) is 14.4.